The van der Waals surface area contributed by atoms with Crippen molar-refractivity contribution in [3.63, 3.8) is 0 Å². The first-order chi connectivity index (χ1) is 11.0. The lowest BCUT2D eigenvalue weighted by molar-refractivity contribution is 0.0999. The Morgan fingerprint density at radius 2 is 2.04 bits per heavy atom. The molecule has 2 N–H and O–H groups in total. The molecule has 1 fully saturated rings. The lowest BCUT2D eigenvalue weighted by Gasteiger charge is -2.10. The minimum atomic E-state index is -0.357. The van der Waals surface area contributed by atoms with Crippen molar-refractivity contribution in [1.82, 2.24) is 4.57 Å². The zero-order chi connectivity index (χ0) is 16.3. The summed E-state index contributed by atoms with van der Waals surface area (Å²) < 4.78 is 3.50. The van der Waals surface area contributed by atoms with E-state index in [0.717, 1.165) is 29.3 Å². The highest BCUT2D eigenvalue weighted by atomic mass is 35.5. The first-order valence-electron chi connectivity index (χ1n) is 7.68. The molecule has 118 valence electrons. The van der Waals surface area contributed by atoms with Crippen LogP contribution >= 0.6 is 22.9 Å². The van der Waals surface area contributed by atoms with Crippen molar-refractivity contribution in [1.29, 1.82) is 0 Å². The fourth-order valence-corrected chi connectivity index (χ4v) is 4.66. The number of aryl methyl sites for hydroxylation is 1. The summed E-state index contributed by atoms with van der Waals surface area (Å²) in [6.45, 7) is 4.11. The van der Waals surface area contributed by atoms with E-state index in [0.29, 0.717) is 11.6 Å². The Labute approximate surface area is 143 Å². The molecule has 23 heavy (non-hydrogen) atoms. The van der Waals surface area contributed by atoms with Gasteiger partial charge in [0, 0.05) is 21.5 Å². The highest BCUT2D eigenvalue weighted by molar-refractivity contribution is 7.22. The van der Waals surface area contributed by atoms with E-state index in [1.54, 1.807) is 11.3 Å². The fourth-order valence-electron chi connectivity index (χ4n) is 3.29. The number of aromatic nitrogens is 1. The maximum atomic E-state index is 11.8. The van der Waals surface area contributed by atoms with Gasteiger partial charge < -0.3 is 10.3 Å². The molecule has 2 heterocycles. The van der Waals surface area contributed by atoms with Crippen LogP contribution in [-0.2, 0) is 0 Å². The number of hydrogen-bond donors (Lipinski definition) is 1. The van der Waals surface area contributed by atoms with E-state index in [-0.39, 0.29) is 5.91 Å². The molecule has 0 unspecified atom stereocenters. The van der Waals surface area contributed by atoms with Crippen molar-refractivity contribution < 1.29 is 4.79 Å². The van der Waals surface area contributed by atoms with Crippen molar-refractivity contribution in [2.75, 3.05) is 0 Å². The third kappa shape index (κ3) is 2.28. The molecule has 1 saturated carbocycles. The Morgan fingerprint density at radius 3 is 2.70 bits per heavy atom. The van der Waals surface area contributed by atoms with Gasteiger partial charge in [-0.05, 0) is 61.9 Å². The monoisotopic (exact) mass is 344 g/mol. The number of rotatable bonds is 3. The Bertz CT molecular complexity index is 950. The maximum Gasteiger partial charge on any atom is 0.250 e. The summed E-state index contributed by atoms with van der Waals surface area (Å²) in [4.78, 5) is 13.0. The van der Waals surface area contributed by atoms with E-state index >= 15 is 0 Å². The van der Waals surface area contributed by atoms with Gasteiger partial charge in [0.05, 0.1) is 16.1 Å². The number of carbonyl (C=O) groups excluding carboxylic acids is 1. The molecule has 1 aliphatic rings. The Balaban J connectivity index is 1.99. The maximum absolute atomic E-state index is 11.8. The first kappa shape index (κ1) is 14.8. The number of hydrogen-bond acceptors (Lipinski definition) is 2. The number of primary amides is 1. The third-order valence-corrected chi connectivity index (χ3v) is 6.13. The zero-order valence-electron chi connectivity index (χ0n) is 13.0. The SMILES string of the molecule is Cc1c(-c2cc(C(N)=O)c(C)n2C2CC2)sc2ccc(Cl)cc12. The van der Waals surface area contributed by atoms with Gasteiger partial charge in [0.25, 0.3) is 5.91 Å². The number of benzene rings is 1. The predicted octanol–water partition coefficient (Wildman–Crippen LogP) is 5.07. The molecule has 4 rings (SSSR count). The summed E-state index contributed by atoms with van der Waals surface area (Å²) in [6.07, 6.45) is 2.33. The Hall–Kier alpha value is -1.78. The third-order valence-electron chi connectivity index (χ3n) is 4.60. The molecule has 1 aromatic carbocycles. The number of nitrogens with zero attached hydrogens (tertiary/aromatic N) is 1. The number of halogens is 1. The van der Waals surface area contributed by atoms with Gasteiger partial charge in [-0.15, -0.1) is 11.3 Å². The normalized spacial score (nSPS) is 14.6. The van der Waals surface area contributed by atoms with Crippen LogP contribution in [0.4, 0.5) is 0 Å². The summed E-state index contributed by atoms with van der Waals surface area (Å²) >= 11 is 7.89. The second kappa shape index (κ2) is 5.11. The van der Waals surface area contributed by atoms with Gasteiger partial charge in [-0.3, -0.25) is 4.79 Å². The molecule has 3 aromatic rings. The highest BCUT2D eigenvalue weighted by Gasteiger charge is 2.30. The average molecular weight is 345 g/mol. The topological polar surface area (TPSA) is 48.0 Å². The second-order valence-corrected chi connectivity index (χ2v) is 7.68. The number of nitrogens with two attached hydrogens (primary N) is 1. The van der Waals surface area contributed by atoms with E-state index in [1.807, 2.05) is 25.1 Å². The predicted molar refractivity (Wildman–Crippen MR) is 96.5 cm³/mol. The van der Waals surface area contributed by atoms with Crippen LogP contribution in [0.2, 0.25) is 5.02 Å². The van der Waals surface area contributed by atoms with Gasteiger partial charge in [-0.1, -0.05) is 11.6 Å². The standard InChI is InChI=1S/C18H17ClN2OS/c1-9-13-7-11(19)3-6-16(13)23-17(9)15-8-14(18(20)22)10(2)21(15)12-4-5-12/h3,6-8,12H,4-5H2,1-2H3,(H2,20,22). The van der Waals surface area contributed by atoms with E-state index in [2.05, 4.69) is 17.6 Å². The summed E-state index contributed by atoms with van der Waals surface area (Å²) in [6, 6.07) is 8.44. The van der Waals surface area contributed by atoms with Crippen LogP contribution in [-0.4, -0.2) is 10.5 Å². The molecule has 1 aliphatic carbocycles. The molecule has 5 heteroatoms. The second-order valence-electron chi connectivity index (χ2n) is 6.19. The molecular weight excluding hydrogens is 328 g/mol. The molecule has 0 bridgehead atoms. The van der Waals surface area contributed by atoms with Gasteiger partial charge in [0.2, 0.25) is 0 Å². The van der Waals surface area contributed by atoms with Gasteiger partial charge >= 0.3 is 0 Å². The van der Waals surface area contributed by atoms with E-state index in [1.165, 1.54) is 20.5 Å². The summed E-state index contributed by atoms with van der Waals surface area (Å²) in [5.41, 5.74) is 9.48. The van der Waals surface area contributed by atoms with Crippen molar-refractivity contribution in [3.8, 4) is 10.6 Å². The van der Waals surface area contributed by atoms with Gasteiger partial charge in [0.1, 0.15) is 0 Å². The first-order valence-corrected chi connectivity index (χ1v) is 8.87. The largest absolute Gasteiger partial charge is 0.366 e. The number of amides is 1. The average Bonchev–Trinajstić information content (AvgIpc) is 3.21. The van der Waals surface area contributed by atoms with Crippen LogP contribution in [0.3, 0.4) is 0 Å². The van der Waals surface area contributed by atoms with Crippen LogP contribution in [0.5, 0.6) is 0 Å². The van der Waals surface area contributed by atoms with Crippen molar-refractivity contribution in [3.05, 3.63) is 46.1 Å². The Kier molecular flexibility index (Phi) is 3.29. The minimum absolute atomic E-state index is 0.357. The van der Waals surface area contributed by atoms with Gasteiger partial charge in [-0.2, -0.15) is 0 Å². The van der Waals surface area contributed by atoms with E-state index in [9.17, 15) is 4.79 Å². The Morgan fingerprint density at radius 1 is 1.30 bits per heavy atom. The molecule has 1 amide bonds. The lowest BCUT2D eigenvalue weighted by Crippen LogP contribution is -2.12. The van der Waals surface area contributed by atoms with Crippen LogP contribution in [0.15, 0.2) is 24.3 Å². The summed E-state index contributed by atoms with van der Waals surface area (Å²) in [5.74, 6) is -0.357. The minimum Gasteiger partial charge on any atom is -0.366 e. The quantitative estimate of drug-likeness (QED) is 0.708. The fraction of sp³-hybridized carbons (Fsp3) is 0.278. The molecule has 0 radical (unpaired) electrons. The van der Waals surface area contributed by atoms with Crippen molar-refractivity contribution >= 4 is 38.9 Å². The summed E-state index contributed by atoms with van der Waals surface area (Å²) in [5, 5.41) is 1.93. The van der Waals surface area contributed by atoms with E-state index in [4.69, 9.17) is 17.3 Å². The van der Waals surface area contributed by atoms with Crippen LogP contribution in [0, 0.1) is 13.8 Å². The summed E-state index contributed by atoms with van der Waals surface area (Å²) in [7, 11) is 0. The van der Waals surface area contributed by atoms with Crippen LogP contribution < -0.4 is 5.73 Å². The lowest BCUT2D eigenvalue weighted by atomic mass is 10.1. The molecule has 0 atom stereocenters. The van der Waals surface area contributed by atoms with Crippen LogP contribution in [0.1, 0.15) is 40.5 Å². The molecule has 0 saturated heterocycles. The van der Waals surface area contributed by atoms with Gasteiger partial charge in [0.15, 0.2) is 0 Å². The van der Waals surface area contributed by atoms with Gasteiger partial charge in [-0.25, -0.2) is 0 Å². The zero-order valence-corrected chi connectivity index (χ0v) is 14.6. The van der Waals surface area contributed by atoms with Crippen molar-refractivity contribution in [2.45, 2.75) is 32.7 Å². The van der Waals surface area contributed by atoms with E-state index < -0.39 is 0 Å². The molecule has 2 aromatic heterocycles. The number of fused-ring (bicyclic) bond motifs is 1. The molecule has 0 spiro atoms. The van der Waals surface area contributed by atoms with Crippen LogP contribution in [0.25, 0.3) is 20.7 Å². The molecule has 0 aliphatic heterocycles. The molecule has 3 nitrogen and oxygen atoms in total. The number of thiophene rings is 1. The smallest absolute Gasteiger partial charge is 0.250 e. The highest BCUT2D eigenvalue weighted by Crippen LogP contribution is 2.45. The molecular formula is C18H17ClN2OS. The number of carbonyl (C=O) groups is 1. The van der Waals surface area contributed by atoms with Crippen molar-refractivity contribution in [2.24, 2.45) is 5.73 Å².